The highest BCUT2D eigenvalue weighted by Crippen LogP contribution is 2.43. The highest BCUT2D eigenvalue weighted by molar-refractivity contribution is 6.10. The molecule has 9 aromatic carbocycles. The zero-order chi connectivity index (χ0) is 38.1. The summed E-state index contributed by atoms with van der Waals surface area (Å²) in [6.45, 7) is 0.433. The first-order valence-corrected chi connectivity index (χ1v) is 19.3. The van der Waals surface area contributed by atoms with Crippen LogP contribution in [0.5, 0.6) is 5.75 Å². The summed E-state index contributed by atoms with van der Waals surface area (Å²) in [6.07, 6.45) is 0. The van der Waals surface area contributed by atoms with E-state index in [1.807, 2.05) is 24.3 Å². The lowest BCUT2D eigenvalue weighted by Gasteiger charge is -2.26. The third-order valence-electron chi connectivity index (χ3n) is 10.8. The normalized spacial score (nSPS) is 11.3. The number of benzene rings is 9. The van der Waals surface area contributed by atoms with Gasteiger partial charge in [-0.15, -0.1) is 0 Å². The zero-order valence-corrected chi connectivity index (χ0v) is 31.3. The highest BCUT2D eigenvalue weighted by atomic mass is 16.5. The molecule has 2 N–H and O–H groups in total. The van der Waals surface area contributed by atoms with Crippen molar-refractivity contribution in [2.75, 3.05) is 10.6 Å². The van der Waals surface area contributed by atoms with Gasteiger partial charge < -0.3 is 19.9 Å². The Hall–Kier alpha value is -7.56. The minimum absolute atomic E-state index is 0.433. The second-order valence-corrected chi connectivity index (χ2v) is 14.4. The Balaban J connectivity index is 1.12. The van der Waals surface area contributed by atoms with E-state index >= 15 is 0 Å². The fourth-order valence-electron chi connectivity index (χ4n) is 8.13. The number of rotatable bonds is 9. The van der Waals surface area contributed by atoms with Crippen LogP contribution >= 0.6 is 0 Å². The molecule has 4 heteroatoms. The molecule has 0 aliphatic rings. The lowest BCUT2D eigenvalue weighted by molar-refractivity contribution is 0.312. The van der Waals surface area contributed by atoms with Crippen molar-refractivity contribution >= 4 is 55.3 Å². The minimum Gasteiger partial charge on any atom is -0.486 e. The van der Waals surface area contributed by atoms with Crippen molar-refractivity contribution in [2.24, 2.45) is 0 Å². The molecule has 0 aliphatic heterocycles. The van der Waals surface area contributed by atoms with Gasteiger partial charge in [-0.3, -0.25) is 0 Å². The number of nitrogen functional groups attached to an aromatic ring is 1. The van der Waals surface area contributed by atoms with Crippen LogP contribution in [0.3, 0.4) is 0 Å². The van der Waals surface area contributed by atoms with E-state index in [0.29, 0.717) is 18.0 Å². The van der Waals surface area contributed by atoms with Crippen molar-refractivity contribution in [3.8, 4) is 33.7 Å². The van der Waals surface area contributed by atoms with Gasteiger partial charge in [0.25, 0.3) is 0 Å². The number of aromatic nitrogens is 1. The van der Waals surface area contributed by atoms with Gasteiger partial charge in [-0.2, -0.15) is 0 Å². The van der Waals surface area contributed by atoms with Crippen LogP contribution in [-0.2, 0) is 6.61 Å². The van der Waals surface area contributed by atoms with Gasteiger partial charge in [-0.25, -0.2) is 0 Å². The van der Waals surface area contributed by atoms with Gasteiger partial charge in [-0.05, 0) is 93.9 Å². The molecule has 0 bridgehead atoms. The Morgan fingerprint density at radius 1 is 0.456 bits per heavy atom. The number of ether oxygens (including phenoxy) is 1. The van der Waals surface area contributed by atoms with E-state index in [2.05, 4.69) is 198 Å². The molecule has 57 heavy (non-hydrogen) atoms. The summed E-state index contributed by atoms with van der Waals surface area (Å²) < 4.78 is 8.86. The fraction of sp³-hybridized carbons (Fsp3) is 0.0189. The van der Waals surface area contributed by atoms with Crippen molar-refractivity contribution in [3.63, 3.8) is 0 Å². The molecule has 4 nitrogen and oxygen atoms in total. The molecule has 1 heterocycles. The first-order chi connectivity index (χ1) is 28.2. The molecule has 272 valence electrons. The third kappa shape index (κ3) is 6.33. The van der Waals surface area contributed by atoms with E-state index in [1.165, 1.54) is 21.9 Å². The van der Waals surface area contributed by atoms with Gasteiger partial charge in [0.05, 0.1) is 16.7 Å². The monoisotopic (exact) mass is 733 g/mol. The van der Waals surface area contributed by atoms with E-state index in [9.17, 15) is 0 Å². The first-order valence-electron chi connectivity index (χ1n) is 19.3. The Kier molecular flexibility index (Phi) is 8.69. The number of fused-ring (bicyclic) bond motifs is 4. The molecule has 1 aromatic heterocycles. The van der Waals surface area contributed by atoms with E-state index < -0.39 is 0 Å². The van der Waals surface area contributed by atoms with Crippen molar-refractivity contribution in [2.45, 2.75) is 6.61 Å². The second kappa shape index (κ2) is 14.6. The largest absolute Gasteiger partial charge is 0.486 e. The second-order valence-electron chi connectivity index (χ2n) is 14.4. The van der Waals surface area contributed by atoms with Crippen molar-refractivity contribution < 1.29 is 4.74 Å². The molecule has 0 aliphatic carbocycles. The maximum Gasteiger partial charge on any atom is 0.151 e. The average Bonchev–Trinajstić information content (AvgIpc) is 3.61. The number of nitrogens with two attached hydrogens (primary N) is 1. The molecular formula is C53H39N3O. The lowest BCUT2D eigenvalue weighted by atomic mass is 9.96. The Labute approximate surface area is 332 Å². The molecule has 0 amide bonds. The molecule has 10 aromatic rings. The van der Waals surface area contributed by atoms with Gasteiger partial charge in [-0.1, -0.05) is 152 Å². The molecule has 0 fully saturated rings. The summed E-state index contributed by atoms with van der Waals surface area (Å²) in [5.41, 5.74) is 19.5. The molecule has 0 unspecified atom stereocenters. The molecule has 0 radical (unpaired) electrons. The van der Waals surface area contributed by atoms with E-state index in [1.54, 1.807) is 0 Å². The Morgan fingerprint density at radius 2 is 1.11 bits per heavy atom. The molecule has 0 spiro atoms. The van der Waals surface area contributed by atoms with Crippen LogP contribution in [0, 0.1) is 0 Å². The van der Waals surface area contributed by atoms with Crippen molar-refractivity contribution in [3.05, 3.63) is 218 Å². The van der Waals surface area contributed by atoms with Gasteiger partial charge in [0.2, 0.25) is 0 Å². The van der Waals surface area contributed by atoms with E-state index in [-0.39, 0.29) is 0 Å². The van der Waals surface area contributed by atoms with Crippen LogP contribution in [0.4, 0.5) is 22.7 Å². The summed E-state index contributed by atoms with van der Waals surface area (Å²) in [7, 11) is 0. The van der Waals surface area contributed by atoms with E-state index in [0.717, 1.165) is 61.3 Å². The smallest absolute Gasteiger partial charge is 0.151 e. The van der Waals surface area contributed by atoms with E-state index in [4.69, 9.17) is 10.5 Å². The molecule has 0 saturated heterocycles. The standard InChI is InChI=1S/C53H39N3O/c54-49-33-28-40-18-13-24-46(52(40)53(49)57-36-37-14-4-1-5-15-37)39-26-29-43(30-27-39)55(44-22-12-19-41(34-44)38-16-6-2-7-17-38)45-31-32-48-47-23-10-11-25-50(47)56(51(48)35-45)42-20-8-3-9-21-42/h1-35H,36,54H2. The zero-order valence-electron chi connectivity index (χ0n) is 31.3. The minimum atomic E-state index is 0.433. The van der Waals surface area contributed by atoms with Crippen LogP contribution in [-0.4, -0.2) is 4.57 Å². The quantitative estimate of drug-likeness (QED) is 0.150. The van der Waals surface area contributed by atoms with Crippen LogP contribution in [0.15, 0.2) is 212 Å². The molecule has 10 rings (SSSR count). The number of nitrogens with zero attached hydrogens (tertiary/aromatic N) is 2. The number of anilines is 4. The Morgan fingerprint density at radius 3 is 1.91 bits per heavy atom. The number of hydrogen-bond acceptors (Lipinski definition) is 3. The first kappa shape index (κ1) is 34.0. The number of hydrogen-bond donors (Lipinski definition) is 1. The van der Waals surface area contributed by atoms with Gasteiger partial charge >= 0.3 is 0 Å². The summed E-state index contributed by atoms with van der Waals surface area (Å²) in [6, 6.07) is 75.0. The molecule has 0 atom stereocenters. The Bertz CT molecular complexity index is 3010. The summed E-state index contributed by atoms with van der Waals surface area (Å²) >= 11 is 0. The van der Waals surface area contributed by atoms with Gasteiger partial charge in [0.15, 0.2) is 5.75 Å². The molecule has 0 saturated carbocycles. The maximum absolute atomic E-state index is 6.62. The third-order valence-corrected chi connectivity index (χ3v) is 10.8. The summed E-state index contributed by atoms with van der Waals surface area (Å²) in [5, 5.41) is 4.53. The predicted octanol–water partition coefficient (Wildman–Crippen LogP) is 13.9. The topological polar surface area (TPSA) is 43.4 Å². The van der Waals surface area contributed by atoms with Crippen LogP contribution in [0.25, 0.3) is 60.5 Å². The summed E-state index contributed by atoms with van der Waals surface area (Å²) in [4.78, 5) is 2.36. The highest BCUT2D eigenvalue weighted by Gasteiger charge is 2.19. The number of para-hydroxylation sites is 2. The van der Waals surface area contributed by atoms with Gasteiger partial charge in [0, 0.05) is 38.9 Å². The predicted molar refractivity (Wildman–Crippen MR) is 239 cm³/mol. The van der Waals surface area contributed by atoms with Gasteiger partial charge in [0.1, 0.15) is 6.61 Å². The summed E-state index contributed by atoms with van der Waals surface area (Å²) in [5.74, 6) is 0.706. The molecular weight excluding hydrogens is 695 g/mol. The van der Waals surface area contributed by atoms with Crippen molar-refractivity contribution in [1.82, 2.24) is 4.57 Å². The van der Waals surface area contributed by atoms with Crippen LogP contribution in [0.1, 0.15) is 5.56 Å². The van der Waals surface area contributed by atoms with Crippen LogP contribution < -0.4 is 15.4 Å². The lowest BCUT2D eigenvalue weighted by Crippen LogP contribution is -2.10. The maximum atomic E-state index is 6.62. The van der Waals surface area contributed by atoms with Crippen LogP contribution in [0.2, 0.25) is 0 Å². The average molecular weight is 734 g/mol. The van der Waals surface area contributed by atoms with Crippen molar-refractivity contribution in [1.29, 1.82) is 0 Å². The fourth-order valence-corrected chi connectivity index (χ4v) is 8.13. The SMILES string of the molecule is Nc1ccc2cccc(-c3ccc(N(c4cccc(-c5ccccc5)c4)c4ccc5c6ccccc6n(-c6ccccc6)c5c4)cc3)c2c1OCc1ccccc1.